The number of nitrogens with zero attached hydrogens (tertiary/aromatic N) is 5. The van der Waals surface area contributed by atoms with E-state index < -0.39 is 5.69 Å². The average Bonchev–Trinajstić information content (AvgIpc) is 3.42. The lowest BCUT2D eigenvalue weighted by molar-refractivity contribution is -0.117. The van der Waals surface area contributed by atoms with E-state index in [4.69, 9.17) is 16.1 Å². The van der Waals surface area contributed by atoms with Crippen molar-refractivity contribution in [3.05, 3.63) is 87.4 Å². The van der Waals surface area contributed by atoms with Crippen LogP contribution in [-0.4, -0.2) is 30.2 Å². The quantitative estimate of drug-likeness (QED) is 0.410. The Labute approximate surface area is 198 Å². The predicted octanol–water partition coefficient (Wildman–Crippen LogP) is 4.12. The highest BCUT2D eigenvalue weighted by molar-refractivity contribution is 6.30. The molecular weight excluding hydrogens is 456 g/mol. The van der Waals surface area contributed by atoms with Crippen molar-refractivity contribution < 1.29 is 9.32 Å². The number of anilines is 1. The summed E-state index contributed by atoms with van der Waals surface area (Å²) in [6, 6.07) is 16.2. The van der Waals surface area contributed by atoms with Crippen molar-refractivity contribution in [1.82, 2.24) is 24.3 Å². The van der Waals surface area contributed by atoms with Crippen LogP contribution in [0.2, 0.25) is 5.02 Å². The second-order valence-electron chi connectivity index (χ2n) is 7.85. The first-order valence-electron chi connectivity index (χ1n) is 10.4. The number of nitrogens with one attached hydrogen (secondary N) is 1. The van der Waals surface area contributed by atoms with E-state index >= 15 is 0 Å². The van der Waals surface area contributed by atoms with Gasteiger partial charge in [-0.3, -0.25) is 4.79 Å². The van der Waals surface area contributed by atoms with Crippen molar-refractivity contribution in [2.24, 2.45) is 0 Å². The van der Waals surface area contributed by atoms with E-state index in [1.54, 1.807) is 42.6 Å². The fourth-order valence-corrected chi connectivity index (χ4v) is 3.68. The number of aromatic nitrogens is 5. The number of fused-ring (bicyclic) bond motifs is 1. The molecule has 0 saturated heterocycles. The molecule has 5 aromatic rings. The Bertz CT molecular complexity index is 1580. The van der Waals surface area contributed by atoms with Crippen LogP contribution in [0.3, 0.4) is 0 Å². The first-order chi connectivity index (χ1) is 16.4. The monoisotopic (exact) mass is 474 g/mol. The maximum Gasteiger partial charge on any atom is 0.350 e. The minimum Gasteiger partial charge on any atom is -0.333 e. The number of aryl methyl sites for hydroxylation is 2. The molecule has 0 spiro atoms. The van der Waals surface area contributed by atoms with Crippen molar-refractivity contribution in [3.63, 3.8) is 0 Å². The van der Waals surface area contributed by atoms with Gasteiger partial charge in [-0.05, 0) is 67.4 Å². The molecule has 0 fully saturated rings. The van der Waals surface area contributed by atoms with Gasteiger partial charge in [0.1, 0.15) is 6.54 Å². The van der Waals surface area contributed by atoms with Gasteiger partial charge in [0.25, 0.3) is 5.89 Å². The lowest BCUT2D eigenvalue weighted by Crippen LogP contribution is -2.28. The largest absolute Gasteiger partial charge is 0.350 e. The number of amides is 1. The molecule has 0 aliphatic rings. The van der Waals surface area contributed by atoms with Gasteiger partial charge in [-0.25, -0.2) is 13.9 Å². The normalized spacial score (nSPS) is 11.1. The van der Waals surface area contributed by atoms with E-state index in [0.29, 0.717) is 27.7 Å². The molecule has 34 heavy (non-hydrogen) atoms. The number of hydrogen-bond acceptors (Lipinski definition) is 6. The molecule has 9 nitrogen and oxygen atoms in total. The molecule has 2 aromatic carbocycles. The Balaban J connectivity index is 1.45. The summed E-state index contributed by atoms with van der Waals surface area (Å²) in [5.74, 6) is 0.222. The highest BCUT2D eigenvalue weighted by atomic mass is 35.5. The van der Waals surface area contributed by atoms with Crippen LogP contribution >= 0.6 is 11.6 Å². The van der Waals surface area contributed by atoms with E-state index in [9.17, 15) is 9.59 Å². The molecule has 1 amide bonds. The zero-order valence-corrected chi connectivity index (χ0v) is 19.1. The molecule has 3 heterocycles. The van der Waals surface area contributed by atoms with Gasteiger partial charge < -0.3 is 9.84 Å². The summed E-state index contributed by atoms with van der Waals surface area (Å²) < 4.78 is 7.89. The number of hydrogen-bond donors (Lipinski definition) is 1. The molecule has 5 rings (SSSR count). The van der Waals surface area contributed by atoms with Crippen LogP contribution in [0, 0.1) is 13.8 Å². The number of carbonyl (C=O) groups excluding carboxylic acids is 1. The lowest BCUT2D eigenvalue weighted by Gasteiger charge is -2.08. The molecular formula is C24H19ClN6O3. The molecule has 0 aliphatic heterocycles. The summed E-state index contributed by atoms with van der Waals surface area (Å²) >= 11 is 5.94. The fraction of sp³-hybridized carbons (Fsp3) is 0.125. The topological polar surface area (TPSA) is 107 Å². The van der Waals surface area contributed by atoms with Gasteiger partial charge in [0.05, 0.1) is 5.56 Å². The Kier molecular flexibility index (Phi) is 5.46. The van der Waals surface area contributed by atoms with Crippen molar-refractivity contribution in [3.8, 4) is 22.8 Å². The van der Waals surface area contributed by atoms with Crippen molar-refractivity contribution in [2.75, 3.05) is 5.32 Å². The van der Waals surface area contributed by atoms with Crippen LogP contribution in [0.25, 0.3) is 28.5 Å². The molecule has 0 atom stereocenters. The van der Waals surface area contributed by atoms with Crippen LogP contribution < -0.4 is 11.0 Å². The summed E-state index contributed by atoms with van der Waals surface area (Å²) in [6.07, 6.45) is 1.57. The van der Waals surface area contributed by atoms with Gasteiger partial charge in [-0.15, -0.1) is 5.10 Å². The van der Waals surface area contributed by atoms with Crippen LogP contribution in [0.1, 0.15) is 11.1 Å². The van der Waals surface area contributed by atoms with Gasteiger partial charge in [-0.2, -0.15) is 4.98 Å². The lowest BCUT2D eigenvalue weighted by atomic mass is 10.1. The Hall–Kier alpha value is -4.24. The zero-order valence-electron chi connectivity index (χ0n) is 18.3. The van der Waals surface area contributed by atoms with Gasteiger partial charge in [0.2, 0.25) is 11.7 Å². The predicted molar refractivity (Wildman–Crippen MR) is 128 cm³/mol. The Morgan fingerprint density at radius 2 is 1.91 bits per heavy atom. The number of benzene rings is 2. The average molecular weight is 475 g/mol. The van der Waals surface area contributed by atoms with Crippen LogP contribution in [0.5, 0.6) is 0 Å². The van der Waals surface area contributed by atoms with Gasteiger partial charge in [-0.1, -0.05) is 28.9 Å². The van der Waals surface area contributed by atoms with Gasteiger partial charge in [0, 0.05) is 22.5 Å². The molecule has 0 aliphatic carbocycles. The number of carbonyl (C=O) groups is 1. The molecule has 0 unspecified atom stereocenters. The second kappa shape index (κ2) is 8.60. The van der Waals surface area contributed by atoms with E-state index in [0.717, 1.165) is 21.4 Å². The highest BCUT2D eigenvalue weighted by Crippen LogP contribution is 2.25. The first-order valence-corrected chi connectivity index (χ1v) is 10.8. The molecule has 170 valence electrons. The third-order valence-corrected chi connectivity index (χ3v) is 5.58. The highest BCUT2D eigenvalue weighted by Gasteiger charge is 2.19. The molecule has 3 aromatic heterocycles. The number of rotatable bonds is 5. The summed E-state index contributed by atoms with van der Waals surface area (Å²) in [5.41, 5.74) is 3.70. The number of pyridine rings is 1. The second-order valence-corrected chi connectivity index (χ2v) is 8.29. The number of halogens is 1. The summed E-state index contributed by atoms with van der Waals surface area (Å²) in [6.45, 7) is 3.60. The van der Waals surface area contributed by atoms with Crippen LogP contribution in [0.15, 0.2) is 70.1 Å². The molecule has 0 saturated carbocycles. The maximum absolute atomic E-state index is 12.9. The molecule has 0 radical (unpaired) electrons. The third-order valence-electron chi connectivity index (χ3n) is 5.33. The Morgan fingerprint density at radius 1 is 1.12 bits per heavy atom. The molecule has 10 heteroatoms. The minimum absolute atomic E-state index is 0.201. The van der Waals surface area contributed by atoms with Crippen LogP contribution in [0.4, 0.5) is 5.69 Å². The zero-order chi connectivity index (χ0) is 23.8. The summed E-state index contributed by atoms with van der Waals surface area (Å²) in [4.78, 5) is 30.0. The van der Waals surface area contributed by atoms with E-state index in [2.05, 4.69) is 20.6 Å². The first kappa shape index (κ1) is 21.6. The van der Waals surface area contributed by atoms with Crippen LogP contribution in [-0.2, 0) is 11.3 Å². The summed E-state index contributed by atoms with van der Waals surface area (Å²) in [5, 5.41) is 11.8. The van der Waals surface area contributed by atoms with Crippen molar-refractivity contribution in [1.29, 1.82) is 0 Å². The van der Waals surface area contributed by atoms with Gasteiger partial charge >= 0.3 is 5.69 Å². The van der Waals surface area contributed by atoms with Crippen molar-refractivity contribution >= 4 is 28.8 Å². The van der Waals surface area contributed by atoms with E-state index in [1.165, 1.54) is 4.40 Å². The maximum atomic E-state index is 12.9. The Morgan fingerprint density at radius 3 is 2.71 bits per heavy atom. The standard InChI is InChI=1S/C24H19ClN6O3/c1-14-5-6-15(2)19(12-14)26-20(32)13-31-24(33)30-11-3-4-18(22(30)28-31)23-27-21(29-34-23)16-7-9-17(25)10-8-16/h3-12H,13H2,1-2H3,(H,26,32). The smallest absolute Gasteiger partial charge is 0.333 e. The minimum atomic E-state index is -0.453. The van der Waals surface area contributed by atoms with E-state index in [-0.39, 0.29) is 18.3 Å². The fourth-order valence-electron chi connectivity index (χ4n) is 3.55. The molecule has 1 N–H and O–H groups in total. The molecule has 0 bridgehead atoms. The van der Waals surface area contributed by atoms with Crippen molar-refractivity contribution in [2.45, 2.75) is 20.4 Å². The summed E-state index contributed by atoms with van der Waals surface area (Å²) in [7, 11) is 0. The third kappa shape index (κ3) is 4.08. The SMILES string of the molecule is Cc1ccc(C)c(NC(=O)Cn2nc3c(-c4nc(-c5ccc(Cl)cc5)no4)cccn3c2=O)c1. The van der Waals surface area contributed by atoms with E-state index in [1.807, 2.05) is 32.0 Å². The van der Waals surface area contributed by atoms with Gasteiger partial charge in [0.15, 0.2) is 5.65 Å².